The van der Waals surface area contributed by atoms with Crippen molar-refractivity contribution in [2.24, 2.45) is 0 Å². The fraction of sp³-hybridized carbons (Fsp3) is 0.143. The average Bonchev–Trinajstić information content (AvgIpc) is 2.55. The predicted octanol–water partition coefficient (Wildman–Crippen LogP) is 5.67. The van der Waals surface area contributed by atoms with E-state index < -0.39 is 0 Å². The van der Waals surface area contributed by atoms with E-state index in [0.29, 0.717) is 5.75 Å². The molecule has 22 heavy (non-hydrogen) atoms. The Morgan fingerprint density at radius 3 is 1.64 bits per heavy atom. The van der Waals surface area contributed by atoms with Crippen LogP contribution in [0.3, 0.4) is 0 Å². The normalized spacial score (nSPS) is 9.77. The molecular formula is C21H22O. The molecule has 0 saturated carbocycles. The van der Waals surface area contributed by atoms with Gasteiger partial charge in [0.15, 0.2) is 0 Å². The highest BCUT2D eigenvalue weighted by atomic mass is 16.3. The third kappa shape index (κ3) is 3.98. The van der Waals surface area contributed by atoms with Crippen LogP contribution in [-0.4, -0.2) is 5.11 Å². The zero-order chi connectivity index (χ0) is 15.9. The highest BCUT2D eigenvalue weighted by Gasteiger charge is 2.04. The second-order valence-electron chi connectivity index (χ2n) is 5.38. The summed E-state index contributed by atoms with van der Waals surface area (Å²) in [6.07, 6.45) is 0. The molecule has 112 valence electrons. The van der Waals surface area contributed by atoms with Crippen LogP contribution >= 0.6 is 0 Å². The molecule has 0 radical (unpaired) electrons. The molecule has 0 spiro atoms. The van der Waals surface area contributed by atoms with Gasteiger partial charge in [-0.15, -0.1) is 0 Å². The highest BCUT2D eigenvalue weighted by Crippen LogP contribution is 2.26. The van der Waals surface area contributed by atoms with Crippen molar-refractivity contribution in [3.8, 4) is 16.9 Å². The molecule has 1 nitrogen and oxygen atoms in total. The molecule has 0 fully saturated rings. The second-order valence-corrected chi connectivity index (χ2v) is 5.38. The quantitative estimate of drug-likeness (QED) is 0.612. The molecule has 0 unspecified atom stereocenters. The maximum atomic E-state index is 8.63. The van der Waals surface area contributed by atoms with Crippen LogP contribution in [-0.2, 0) is 0 Å². The first-order valence-corrected chi connectivity index (χ1v) is 7.46. The van der Waals surface area contributed by atoms with Crippen molar-refractivity contribution in [3.63, 3.8) is 0 Å². The standard InChI is InChI=1S/C15H16.C6H6O/c1-11-9-10-15(13(3)12(11)2)14-7-5-4-6-8-14;7-6-4-2-1-3-5-6/h4-10H,1-3H3;1-5,7H. The van der Waals surface area contributed by atoms with Gasteiger partial charge in [0.25, 0.3) is 0 Å². The molecule has 3 rings (SSSR count). The minimum Gasteiger partial charge on any atom is -0.508 e. The van der Waals surface area contributed by atoms with Gasteiger partial charge in [0, 0.05) is 0 Å². The minimum atomic E-state index is 0.322. The van der Waals surface area contributed by atoms with E-state index in [9.17, 15) is 0 Å². The van der Waals surface area contributed by atoms with Gasteiger partial charge in [0.1, 0.15) is 5.75 Å². The average molecular weight is 290 g/mol. The number of para-hydroxylation sites is 1. The van der Waals surface area contributed by atoms with Gasteiger partial charge in [-0.2, -0.15) is 0 Å². The molecule has 1 heteroatoms. The maximum absolute atomic E-state index is 8.63. The lowest BCUT2D eigenvalue weighted by Gasteiger charge is -2.11. The lowest BCUT2D eigenvalue weighted by Crippen LogP contribution is -1.90. The predicted molar refractivity (Wildman–Crippen MR) is 94.2 cm³/mol. The number of hydrogen-bond acceptors (Lipinski definition) is 1. The van der Waals surface area contributed by atoms with Crippen LogP contribution in [0.15, 0.2) is 72.8 Å². The van der Waals surface area contributed by atoms with E-state index in [1.54, 1.807) is 24.3 Å². The Labute approximate surface area is 132 Å². The van der Waals surface area contributed by atoms with E-state index >= 15 is 0 Å². The zero-order valence-corrected chi connectivity index (χ0v) is 13.4. The van der Waals surface area contributed by atoms with Crippen molar-refractivity contribution < 1.29 is 5.11 Å². The first-order chi connectivity index (χ1) is 10.6. The minimum absolute atomic E-state index is 0.322. The van der Waals surface area contributed by atoms with Crippen molar-refractivity contribution >= 4 is 0 Å². The van der Waals surface area contributed by atoms with E-state index in [-0.39, 0.29) is 0 Å². The summed E-state index contributed by atoms with van der Waals surface area (Å²) in [5.74, 6) is 0.322. The molecule has 0 aliphatic carbocycles. The molecule has 0 amide bonds. The molecule has 0 aromatic heterocycles. The van der Waals surface area contributed by atoms with Crippen molar-refractivity contribution in [1.82, 2.24) is 0 Å². The summed E-state index contributed by atoms with van der Waals surface area (Å²) < 4.78 is 0. The van der Waals surface area contributed by atoms with E-state index in [1.807, 2.05) is 6.07 Å². The zero-order valence-electron chi connectivity index (χ0n) is 13.4. The van der Waals surface area contributed by atoms with Gasteiger partial charge in [-0.05, 0) is 60.7 Å². The van der Waals surface area contributed by atoms with E-state index in [4.69, 9.17) is 5.11 Å². The molecule has 0 heterocycles. The fourth-order valence-corrected chi connectivity index (χ4v) is 2.31. The molecule has 1 N–H and O–H groups in total. The van der Waals surface area contributed by atoms with Gasteiger partial charge in [0.05, 0.1) is 0 Å². The number of rotatable bonds is 1. The molecule has 0 aliphatic heterocycles. The van der Waals surface area contributed by atoms with Crippen molar-refractivity contribution in [2.45, 2.75) is 20.8 Å². The Morgan fingerprint density at radius 2 is 1.14 bits per heavy atom. The number of hydrogen-bond donors (Lipinski definition) is 1. The third-order valence-corrected chi connectivity index (χ3v) is 3.90. The second kappa shape index (κ2) is 7.46. The van der Waals surface area contributed by atoms with Crippen LogP contribution < -0.4 is 0 Å². The summed E-state index contributed by atoms with van der Waals surface area (Å²) >= 11 is 0. The molecule has 0 saturated heterocycles. The SMILES string of the molecule is Cc1ccc(-c2ccccc2)c(C)c1C.Oc1ccccc1. The van der Waals surface area contributed by atoms with Gasteiger partial charge in [0.2, 0.25) is 0 Å². The summed E-state index contributed by atoms with van der Waals surface area (Å²) in [5.41, 5.74) is 6.81. The smallest absolute Gasteiger partial charge is 0.115 e. The summed E-state index contributed by atoms with van der Waals surface area (Å²) in [6, 6.07) is 23.7. The van der Waals surface area contributed by atoms with E-state index in [1.165, 1.54) is 27.8 Å². The van der Waals surface area contributed by atoms with Gasteiger partial charge in [-0.25, -0.2) is 0 Å². The Hall–Kier alpha value is -2.54. The molecule has 0 atom stereocenters. The van der Waals surface area contributed by atoms with Crippen molar-refractivity contribution in [2.75, 3.05) is 0 Å². The molecule has 3 aromatic rings. The van der Waals surface area contributed by atoms with Gasteiger partial charge >= 0.3 is 0 Å². The lowest BCUT2D eigenvalue weighted by atomic mass is 9.94. The molecule has 0 bridgehead atoms. The van der Waals surface area contributed by atoms with E-state index in [0.717, 1.165) is 0 Å². The molecule has 3 aromatic carbocycles. The van der Waals surface area contributed by atoms with Crippen LogP contribution in [0.1, 0.15) is 16.7 Å². The summed E-state index contributed by atoms with van der Waals surface area (Å²) in [6.45, 7) is 6.55. The highest BCUT2D eigenvalue weighted by molar-refractivity contribution is 5.69. The van der Waals surface area contributed by atoms with E-state index in [2.05, 4.69) is 63.2 Å². The third-order valence-electron chi connectivity index (χ3n) is 3.90. The summed E-state index contributed by atoms with van der Waals surface area (Å²) in [7, 11) is 0. The number of aromatic hydroxyl groups is 1. The molecular weight excluding hydrogens is 268 g/mol. The Balaban J connectivity index is 0.000000211. The monoisotopic (exact) mass is 290 g/mol. The Kier molecular flexibility index (Phi) is 5.37. The van der Waals surface area contributed by atoms with Crippen LogP contribution in [0.2, 0.25) is 0 Å². The Bertz CT molecular complexity index is 716. The first-order valence-electron chi connectivity index (χ1n) is 7.46. The van der Waals surface area contributed by atoms with Crippen LogP contribution in [0, 0.1) is 20.8 Å². The first kappa shape index (κ1) is 15.8. The number of benzene rings is 3. The number of aryl methyl sites for hydroxylation is 1. The summed E-state index contributed by atoms with van der Waals surface area (Å²) in [5, 5.41) is 8.63. The fourth-order valence-electron chi connectivity index (χ4n) is 2.31. The Morgan fingerprint density at radius 1 is 0.591 bits per heavy atom. The van der Waals surface area contributed by atoms with Crippen LogP contribution in [0.25, 0.3) is 11.1 Å². The van der Waals surface area contributed by atoms with Gasteiger partial charge < -0.3 is 5.11 Å². The van der Waals surface area contributed by atoms with Crippen molar-refractivity contribution in [3.05, 3.63) is 89.5 Å². The van der Waals surface area contributed by atoms with Gasteiger partial charge in [-0.1, -0.05) is 60.7 Å². The van der Waals surface area contributed by atoms with Crippen LogP contribution in [0.5, 0.6) is 5.75 Å². The largest absolute Gasteiger partial charge is 0.508 e. The number of phenols is 1. The lowest BCUT2D eigenvalue weighted by molar-refractivity contribution is 0.475. The maximum Gasteiger partial charge on any atom is 0.115 e. The van der Waals surface area contributed by atoms with Crippen molar-refractivity contribution in [1.29, 1.82) is 0 Å². The number of phenolic OH excluding ortho intramolecular Hbond substituents is 1. The molecule has 0 aliphatic rings. The van der Waals surface area contributed by atoms with Crippen LogP contribution in [0.4, 0.5) is 0 Å². The topological polar surface area (TPSA) is 20.2 Å². The summed E-state index contributed by atoms with van der Waals surface area (Å²) in [4.78, 5) is 0. The van der Waals surface area contributed by atoms with Gasteiger partial charge in [-0.3, -0.25) is 0 Å².